The van der Waals surface area contributed by atoms with Gasteiger partial charge in [0.2, 0.25) is 5.88 Å². The van der Waals surface area contributed by atoms with E-state index in [0.29, 0.717) is 41.1 Å². The number of rotatable bonds is 9. The van der Waals surface area contributed by atoms with E-state index in [2.05, 4.69) is 19.2 Å². The van der Waals surface area contributed by atoms with Crippen LogP contribution in [0, 0.1) is 5.92 Å². The lowest BCUT2D eigenvalue weighted by Crippen LogP contribution is -2.31. The Labute approximate surface area is 194 Å². The molecular formula is C25H31ClN4O2. The van der Waals surface area contributed by atoms with Gasteiger partial charge in [0.1, 0.15) is 5.69 Å². The van der Waals surface area contributed by atoms with Crippen LogP contribution in [0.25, 0.3) is 11.0 Å². The number of nitrogens with zero attached hydrogens (tertiary/aromatic N) is 3. The first-order chi connectivity index (χ1) is 15.6. The monoisotopic (exact) mass is 454 g/mol. The molecule has 32 heavy (non-hydrogen) atoms. The van der Waals surface area contributed by atoms with Gasteiger partial charge in [-0.3, -0.25) is 4.79 Å². The first kappa shape index (κ1) is 22.7. The van der Waals surface area contributed by atoms with Gasteiger partial charge in [0, 0.05) is 17.5 Å². The molecule has 1 aromatic carbocycles. The van der Waals surface area contributed by atoms with E-state index in [1.807, 2.05) is 41.1 Å². The van der Waals surface area contributed by atoms with Crippen LogP contribution in [0.15, 0.2) is 36.4 Å². The van der Waals surface area contributed by atoms with Crippen LogP contribution < -0.4 is 10.1 Å². The van der Waals surface area contributed by atoms with E-state index >= 15 is 0 Å². The summed E-state index contributed by atoms with van der Waals surface area (Å²) in [5.74, 6) is 1.01. The maximum absolute atomic E-state index is 13.2. The van der Waals surface area contributed by atoms with Gasteiger partial charge in [-0.2, -0.15) is 10.1 Å². The average Bonchev–Trinajstić information content (AvgIpc) is 3.17. The molecule has 1 N–H and O–H groups in total. The van der Waals surface area contributed by atoms with Crippen LogP contribution in [-0.4, -0.2) is 39.7 Å². The molecule has 4 rings (SSSR count). The highest BCUT2D eigenvalue weighted by molar-refractivity contribution is 6.30. The second-order valence-electron chi connectivity index (χ2n) is 8.55. The maximum atomic E-state index is 13.2. The van der Waals surface area contributed by atoms with Crippen molar-refractivity contribution in [3.05, 3.63) is 52.7 Å². The summed E-state index contributed by atoms with van der Waals surface area (Å²) in [6.45, 7) is 6.64. The minimum atomic E-state index is 0.0778. The molecular weight excluding hydrogens is 424 g/mol. The Balaban J connectivity index is 1.67. The summed E-state index contributed by atoms with van der Waals surface area (Å²) in [6.07, 6.45) is 4.65. The summed E-state index contributed by atoms with van der Waals surface area (Å²) in [4.78, 5) is 18.0. The smallest absolute Gasteiger partial charge is 0.215 e. The van der Waals surface area contributed by atoms with Crippen molar-refractivity contribution >= 4 is 28.4 Å². The molecule has 1 saturated heterocycles. The number of pyridine rings is 1. The lowest BCUT2D eigenvalue weighted by atomic mass is 9.93. The molecule has 0 amide bonds. The van der Waals surface area contributed by atoms with Crippen molar-refractivity contribution in [2.75, 3.05) is 13.1 Å². The predicted molar refractivity (Wildman–Crippen MR) is 128 cm³/mol. The summed E-state index contributed by atoms with van der Waals surface area (Å²) in [5, 5.41) is 9.59. The second kappa shape index (κ2) is 10.5. The summed E-state index contributed by atoms with van der Waals surface area (Å²) >= 11 is 6.04. The van der Waals surface area contributed by atoms with Crippen LogP contribution in [0.1, 0.15) is 62.0 Å². The zero-order chi connectivity index (χ0) is 22.5. The van der Waals surface area contributed by atoms with Crippen molar-refractivity contribution in [3.8, 4) is 5.88 Å². The first-order valence-corrected chi connectivity index (χ1v) is 12.0. The molecule has 0 spiro atoms. The molecule has 1 aliphatic heterocycles. The molecule has 7 heteroatoms. The van der Waals surface area contributed by atoms with Gasteiger partial charge in [-0.05, 0) is 68.5 Å². The maximum Gasteiger partial charge on any atom is 0.215 e. The molecule has 1 atom stereocenters. The van der Waals surface area contributed by atoms with Crippen molar-refractivity contribution in [2.24, 2.45) is 5.92 Å². The van der Waals surface area contributed by atoms with E-state index in [0.717, 1.165) is 49.7 Å². The predicted octanol–water partition coefficient (Wildman–Crippen LogP) is 5.27. The highest BCUT2D eigenvalue weighted by Crippen LogP contribution is 2.26. The lowest BCUT2D eigenvalue weighted by Gasteiger charge is -2.21. The minimum absolute atomic E-state index is 0.0778. The van der Waals surface area contributed by atoms with Gasteiger partial charge in [-0.25, -0.2) is 4.68 Å². The summed E-state index contributed by atoms with van der Waals surface area (Å²) < 4.78 is 7.88. The van der Waals surface area contributed by atoms with Crippen molar-refractivity contribution in [1.29, 1.82) is 0 Å². The van der Waals surface area contributed by atoms with Crippen molar-refractivity contribution in [1.82, 2.24) is 20.1 Å². The van der Waals surface area contributed by atoms with E-state index < -0.39 is 0 Å². The molecule has 1 unspecified atom stereocenters. The number of hydrogen-bond donors (Lipinski definition) is 1. The van der Waals surface area contributed by atoms with Gasteiger partial charge in [0.25, 0.3) is 0 Å². The third-order valence-corrected chi connectivity index (χ3v) is 6.40. The van der Waals surface area contributed by atoms with Gasteiger partial charge < -0.3 is 10.1 Å². The lowest BCUT2D eigenvalue weighted by molar-refractivity contribution is 0.0949. The highest BCUT2D eigenvalue weighted by atomic mass is 35.5. The third-order valence-electron chi connectivity index (χ3n) is 6.15. The molecule has 3 aromatic rings. The zero-order valence-electron chi connectivity index (χ0n) is 18.8. The summed E-state index contributed by atoms with van der Waals surface area (Å²) in [6, 6.07) is 11.4. The van der Waals surface area contributed by atoms with Crippen LogP contribution in [-0.2, 0) is 6.54 Å². The van der Waals surface area contributed by atoms with Crippen LogP contribution in [0.5, 0.6) is 5.88 Å². The number of piperidine rings is 1. The number of hydrogen-bond acceptors (Lipinski definition) is 5. The topological polar surface area (TPSA) is 69.0 Å². The van der Waals surface area contributed by atoms with Crippen LogP contribution >= 0.6 is 11.6 Å². The molecule has 0 radical (unpaired) electrons. The number of carbonyl (C=O) groups is 1. The van der Waals surface area contributed by atoms with Gasteiger partial charge in [-0.15, -0.1) is 0 Å². The number of halogens is 1. The number of ketones is 1. The van der Waals surface area contributed by atoms with E-state index in [-0.39, 0.29) is 11.9 Å². The molecule has 0 bridgehead atoms. The molecule has 2 aromatic heterocycles. The molecule has 0 aliphatic carbocycles. The van der Waals surface area contributed by atoms with E-state index in [1.165, 1.54) is 0 Å². The fraction of sp³-hybridized carbons (Fsp3) is 0.480. The number of aromatic nitrogens is 3. The fourth-order valence-corrected chi connectivity index (χ4v) is 4.39. The van der Waals surface area contributed by atoms with Crippen LogP contribution in [0.3, 0.4) is 0 Å². The van der Waals surface area contributed by atoms with Crippen molar-refractivity contribution < 1.29 is 9.53 Å². The average molecular weight is 455 g/mol. The third kappa shape index (κ3) is 5.30. The molecule has 1 fully saturated rings. The van der Waals surface area contributed by atoms with Crippen molar-refractivity contribution in [3.63, 3.8) is 0 Å². The van der Waals surface area contributed by atoms with Gasteiger partial charge >= 0.3 is 0 Å². The number of Topliss-reactive ketones (excluding diaryl/α,β-unsaturated/α-hetero) is 1. The quantitative estimate of drug-likeness (QED) is 0.446. The van der Waals surface area contributed by atoms with E-state index in [9.17, 15) is 4.79 Å². The minimum Gasteiger partial charge on any atom is -0.474 e. The SMILES string of the molecule is CCC(CC)Oc1ccc2c(C(=O)CC3CCCNC3)nn(Cc3ccc(Cl)cc3)c2n1. The molecule has 1 aliphatic rings. The Bertz CT molecular complexity index is 1050. The Morgan fingerprint density at radius 2 is 2.00 bits per heavy atom. The Kier molecular flexibility index (Phi) is 7.43. The Morgan fingerprint density at radius 1 is 1.22 bits per heavy atom. The number of carbonyl (C=O) groups excluding carboxylic acids is 1. The van der Waals surface area contributed by atoms with Gasteiger partial charge in [0.05, 0.1) is 18.0 Å². The number of nitrogens with one attached hydrogen (secondary N) is 1. The molecule has 0 saturated carbocycles. The number of fused-ring (bicyclic) bond motifs is 1. The van der Waals surface area contributed by atoms with Crippen molar-refractivity contribution in [2.45, 2.75) is 58.6 Å². The van der Waals surface area contributed by atoms with E-state index in [1.54, 1.807) is 0 Å². The second-order valence-corrected chi connectivity index (χ2v) is 8.99. The summed E-state index contributed by atoms with van der Waals surface area (Å²) in [7, 11) is 0. The fourth-order valence-electron chi connectivity index (χ4n) is 4.26. The summed E-state index contributed by atoms with van der Waals surface area (Å²) in [5.41, 5.74) is 2.22. The number of ether oxygens (including phenoxy) is 1. The molecule has 6 nitrogen and oxygen atoms in total. The zero-order valence-corrected chi connectivity index (χ0v) is 19.6. The Morgan fingerprint density at radius 3 is 2.69 bits per heavy atom. The molecule has 3 heterocycles. The largest absolute Gasteiger partial charge is 0.474 e. The van der Waals surface area contributed by atoms with E-state index in [4.69, 9.17) is 26.4 Å². The van der Waals surface area contributed by atoms with Crippen LogP contribution in [0.4, 0.5) is 0 Å². The number of benzene rings is 1. The standard InChI is InChI=1S/C25H31ClN4O2/c1-3-20(4-2)32-23-12-11-21-24(22(31)14-18-6-5-13-27-15-18)29-30(25(21)28-23)16-17-7-9-19(26)10-8-17/h7-12,18,20,27H,3-6,13-16H2,1-2H3. The van der Waals surface area contributed by atoms with Gasteiger partial charge in [-0.1, -0.05) is 37.6 Å². The Hall–Kier alpha value is -2.44. The molecule has 170 valence electrons. The first-order valence-electron chi connectivity index (χ1n) is 11.6. The van der Waals surface area contributed by atoms with Crippen LogP contribution in [0.2, 0.25) is 5.02 Å². The normalized spacial score (nSPS) is 16.6. The van der Waals surface area contributed by atoms with Gasteiger partial charge in [0.15, 0.2) is 11.4 Å². The highest BCUT2D eigenvalue weighted by Gasteiger charge is 2.23.